The number of carbonyl (C=O) groups excluding carboxylic acids is 6. The van der Waals surface area contributed by atoms with E-state index in [0.29, 0.717) is 28.4 Å². The number of amides is 5. The van der Waals surface area contributed by atoms with Crippen molar-refractivity contribution in [2.45, 2.75) is 26.4 Å². The predicted molar refractivity (Wildman–Crippen MR) is 200 cm³/mol. The molecule has 5 aromatic rings. The maximum Gasteiger partial charge on any atom is 0.412 e. The lowest BCUT2D eigenvalue weighted by Gasteiger charge is -2.19. The summed E-state index contributed by atoms with van der Waals surface area (Å²) in [5, 5.41) is 13.6. The van der Waals surface area contributed by atoms with Gasteiger partial charge in [-0.3, -0.25) is 24.5 Å². The summed E-state index contributed by atoms with van der Waals surface area (Å²) in [6, 6.07) is 7.51. The van der Waals surface area contributed by atoms with E-state index in [4.69, 9.17) is 9.47 Å². The Balaban J connectivity index is 1.19. The van der Waals surface area contributed by atoms with Gasteiger partial charge >= 0.3 is 12.1 Å². The Bertz CT molecular complexity index is 2290. The van der Waals surface area contributed by atoms with E-state index in [1.54, 1.807) is 101 Å². The molecule has 5 rings (SSSR count). The summed E-state index contributed by atoms with van der Waals surface area (Å²) >= 11 is 0. The van der Waals surface area contributed by atoms with Crippen LogP contribution < -0.4 is 26.6 Å². The molecule has 0 atom stereocenters. The molecular weight excluding hydrogens is 700 g/mol. The van der Waals surface area contributed by atoms with Crippen LogP contribution in [0.1, 0.15) is 73.2 Å². The average molecular weight is 743 g/mol. The minimum absolute atomic E-state index is 0.225. The van der Waals surface area contributed by atoms with E-state index in [1.807, 2.05) is 0 Å². The highest BCUT2D eigenvalue weighted by Gasteiger charge is 2.22. The Morgan fingerprint density at radius 3 is 1.00 bits per heavy atom. The molecule has 18 nitrogen and oxygen atoms in total. The quantitative estimate of drug-likeness (QED) is 0.128. The van der Waals surface area contributed by atoms with Gasteiger partial charge in [0.15, 0.2) is 0 Å². The van der Waals surface area contributed by atoms with Crippen molar-refractivity contribution in [2.24, 2.45) is 35.2 Å². The molecule has 0 unspecified atom stereocenters. The third-order valence-corrected chi connectivity index (χ3v) is 8.03. The number of nitrogens with zero attached hydrogens (tertiary/aromatic N) is 5. The van der Waals surface area contributed by atoms with Crippen LogP contribution in [0, 0.1) is 0 Å². The number of aromatic nitrogens is 5. The van der Waals surface area contributed by atoms with Gasteiger partial charge in [-0.05, 0) is 51.1 Å². The van der Waals surface area contributed by atoms with Crippen molar-refractivity contribution in [3.63, 3.8) is 0 Å². The highest BCUT2D eigenvalue weighted by atomic mass is 16.6. The average Bonchev–Trinajstić information content (AvgIpc) is 3.88. The first-order chi connectivity index (χ1) is 25.3. The molecule has 5 aromatic heterocycles. The Kier molecular flexibility index (Phi) is 10.6. The van der Waals surface area contributed by atoms with E-state index in [9.17, 15) is 28.8 Å². The zero-order chi connectivity index (χ0) is 39.6. The monoisotopic (exact) mass is 742 g/mol. The van der Waals surface area contributed by atoms with Crippen molar-refractivity contribution in [3.8, 4) is 0 Å². The first kappa shape index (κ1) is 38.3. The lowest BCUT2D eigenvalue weighted by Crippen LogP contribution is -2.27. The van der Waals surface area contributed by atoms with Gasteiger partial charge in [0.25, 0.3) is 23.6 Å². The molecule has 0 saturated heterocycles. The number of rotatable bonds is 10. The second-order valence-electron chi connectivity index (χ2n) is 13.6. The summed E-state index contributed by atoms with van der Waals surface area (Å²) in [7, 11) is 9.51. The van der Waals surface area contributed by atoms with Gasteiger partial charge in [0.05, 0.1) is 35.5 Å². The van der Waals surface area contributed by atoms with E-state index in [0.717, 1.165) is 0 Å². The van der Waals surface area contributed by atoms with Crippen molar-refractivity contribution < 1.29 is 38.2 Å². The number of methoxy groups -OCH3 is 1. The summed E-state index contributed by atoms with van der Waals surface area (Å²) in [5.74, 6) is -2.46. The first-order valence-electron chi connectivity index (χ1n) is 16.5. The smallest absolute Gasteiger partial charge is 0.412 e. The van der Waals surface area contributed by atoms with Crippen LogP contribution in [0.25, 0.3) is 0 Å². The number of esters is 1. The van der Waals surface area contributed by atoms with Crippen LogP contribution in [0.15, 0.2) is 61.3 Å². The lowest BCUT2D eigenvalue weighted by atomic mass is 10.2. The number of hydrogen-bond acceptors (Lipinski definition) is 8. The molecule has 5 amide bonds. The number of nitrogens with one attached hydrogen (secondary N) is 5. The van der Waals surface area contributed by atoms with Crippen LogP contribution in [0.4, 0.5) is 33.2 Å². The highest BCUT2D eigenvalue weighted by Crippen LogP contribution is 2.22. The standard InChI is InChI=1S/C36H42N10O8/c1-36(2,3)54-35(52)41-24-13-28(45(7)19-24)33(50)39-22-11-26(43(5)17-22)31(48)37-20-10-25(42(4)15-20)30(47)38-21-12-27(44(6)16-21)32(49)40-23-14-29(34(51)53-9)46(8)18-23/h10-19H,1-9H3,(H,37,48)(H,38,47)(H,39,50)(H,40,49)(H,41,52). The fraction of sp³-hybridized carbons (Fsp3) is 0.278. The lowest BCUT2D eigenvalue weighted by molar-refractivity contribution is 0.0587. The van der Waals surface area contributed by atoms with E-state index in [-0.39, 0.29) is 28.5 Å². The molecule has 284 valence electrons. The maximum absolute atomic E-state index is 13.3. The van der Waals surface area contributed by atoms with E-state index < -0.39 is 41.3 Å². The molecule has 54 heavy (non-hydrogen) atoms. The third-order valence-electron chi connectivity index (χ3n) is 8.03. The number of carbonyl (C=O) groups is 6. The topological polar surface area (TPSA) is 206 Å². The summed E-state index contributed by atoms with van der Waals surface area (Å²) in [4.78, 5) is 76.7. The molecule has 0 spiro atoms. The molecule has 0 radical (unpaired) electrons. The van der Waals surface area contributed by atoms with E-state index in [1.165, 1.54) is 46.6 Å². The van der Waals surface area contributed by atoms with Gasteiger partial charge in [0.1, 0.15) is 34.1 Å². The van der Waals surface area contributed by atoms with Crippen molar-refractivity contribution in [1.82, 2.24) is 22.8 Å². The van der Waals surface area contributed by atoms with Crippen LogP contribution in [0.2, 0.25) is 0 Å². The Morgan fingerprint density at radius 1 is 0.463 bits per heavy atom. The van der Waals surface area contributed by atoms with Crippen LogP contribution in [-0.4, -0.2) is 71.2 Å². The number of anilines is 5. The zero-order valence-electron chi connectivity index (χ0n) is 31.3. The normalized spacial score (nSPS) is 11.1. The van der Waals surface area contributed by atoms with Gasteiger partial charge in [-0.2, -0.15) is 0 Å². The Morgan fingerprint density at radius 2 is 0.722 bits per heavy atom. The Labute approximate surface area is 310 Å². The predicted octanol–water partition coefficient (Wildman–Crippen LogP) is 4.52. The highest BCUT2D eigenvalue weighted by molar-refractivity contribution is 6.09. The third kappa shape index (κ3) is 8.72. The fourth-order valence-corrected chi connectivity index (χ4v) is 5.58. The van der Waals surface area contributed by atoms with Crippen molar-refractivity contribution in [2.75, 3.05) is 33.7 Å². The molecule has 0 aromatic carbocycles. The van der Waals surface area contributed by atoms with Crippen LogP contribution in [0.3, 0.4) is 0 Å². The van der Waals surface area contributed by atoms with E-state index >= 15 is 0 Å². The second-order valence-corrected chi connectivity index (χ2v) is 13.6. The zero-order valence-corrected chi connectivity index (χ0v) is 31.3. The molecule has 5 heterocycles. The fourth-order valence-electron chi connectivity index (χ4n) is 5.58. The number of ether oxygens (including phenoxy) is 2. The van der Waals surface area contributed by atoms with Crippen LogP contribution in [0.5, 0.6) is 0 Å². The molecule has 0 fully saturated rings. The molecule has 0 saturated carbocycles. The summed E-state index contributed by atoms with van der Waals surface area (Å²) in [6.45, 7) is 5.23. The van der Waals surface area contributed by atoms with Gasteiger partial charge in [-0.15, -0.1) is 0 Å². The number of hydrogen-bond donors (Lipinski definition) is 5. The maximum atomic E-state index is 13.3. The van der Waals surface area contributed by atoms with Gasteiger partial charge < -0.3 is 53.6 Å². The molecule has 0 aliphatic carbocycles. The minimum Gasteiger partial charge on any atom is -0.464 e. The first-order valence-corrected chi connectivity index (χ1v) is 16.5. The van der Waals surface area contributed by atoms with Crippen LogP contribution >= 0.6 is 0 Å². The minimum atomic E-state index is -0.685. The molecule has 0 aliphatic heterocycles. The van der Waals surface area contributed by atoms with Crippen molar-refractivity contribution in [3.05, 3.63) is 89.8 Å². The summed E-state index contributed by atoms with van der Waals surface area (Å²) in [5.41, 5.74) is 2.35. The van der Waals surface area contributed by atoms with Gasteiger partial charge in [0.2, 0.25) is 0 Å². The van der Waals surface area contributed by atoms with Gasteiger partial charge in [0, 0.05) is 66.2 Å². The van der Waals surface area contributed by atoms with E-state index in [2.05, 4.69) is 26.6 Å². The van der Waals surface area contributed by atoms with Crippen LogP contribution in [-0.2, 0) is 44.7 Å². The van der Waals surface area contributed by atoms with Crippen molar-refractivity contribution >= 4 is 64.1 Å². The summed E-state index contributed by atoms with van der Waals surface area (Å²) in [6.07, 6.45) is 7.22. The van der Waals surface area contributed by atoms with Crippen molar-refractivity contribution in [1.29, 1.82) is 0 Å². The molecule has 0 aliphatic rings. The second kappa shape index (κ2) is 14.9. The van der Waals surface area contributed by atoms with Gasteiger partial charge in [-0.25, -0.2) is 9.59 Å². The van der Waals surface area contributed by atoms with Gasteiger partial charge in [-0.1, -0.05) is 0 Å². The largest absolute Gasteiger partial charge is 0.464 e. The molecule has 0 bridgehead atoms. The SMILES string of the molecule is COC(=O)c1cc(NC(=O)c2cc(NC(=O)c3cc(NC(=O)c4cc(NC(=O)c5cc(NC(=O)OC(C)(C)C)cn5C)cn4C)cn3C)cn2C)cn1C. The number of aryl methyl sites for hydroxylation is 5. The molecule has 5 N–H and O–H groups in total. The molecular formula is C36H42N10O8. The summed E-state index contributed by atoms with van der Waals surface area (Å²) < 4.78 is 17.7. The Hall–Kier alpha value is -6.98. The molecule has 18 heteroatoms.